The minimum absolute atomic E-state index is 0.0189. The van der Waals surface area contributed by atoms with Gasteiger partial charge in [-0.2, -0.15) is 0 Å². The van der Waals surface area contributed by atoms with E-state index in [1.807, 2.05) is 19.1 Å². The first-order chi connectivity index (χ1) is 8.22. The molecule has 1 N–H and O–H groups in total. The van der Waals surface area contributed by atoms with Crippen molar-refractivity contribution in [3.05, 3.63) is 28.8 Å². The lowest BCUT2D eigenvalue weighted by atomic mass is 10.2. The Bertz CT molecular complexity index is 344. The topological polar surface area (TPSA) is 32.7 Å². The van der Waals surface area contributed by atoms with Gasteiger partial charge in [-0.25, -0.2) is 0 Å². The van der Waals surface area contributed by atoms with Gasteiger partial charge in [0.25, 0.3) is 0 Å². The Hall–Kier alpha value is -0.770. The zero-order valence-corrected chi connectivity index (χ0v) is 11.2. The Morgan fingerprint density at radius 1 is 1.35 bits per heavy atom. The van der Waals surface area contributed by atoms with Gasteiger partial charge in [0.1, 0.15) is 0 Å². The van der Waals surface area contributed by atoms with Crippen LogP contribution in [0.2, 0.25) is 5.02 Å². The van der Waals surface area contributed by atoms with Gasteiger partial charge in [-0.15, -0.1) is 0 Å². The average Bonchev–Trinajstić information content (AvgIpc) is 2.35. The summed E-state index contributed by atoms with van der Waals surface area (Å²) >= 11 is 6.20. The number of anilines is 1. The van der Waals surface area contributed by atoms with E-state index in [4.69, 9.17) is 21.4 Å². The van der Waals surface area contributed by atoms with Crippen LogP contribution in [-0.2, 0) is 11.3 Å². The molecule has 96 valence electrons. The largest absolute Gasteiger partial charge is 0.392 e. The third kappa shape index (κ3) is 4.19. The number of aliphatic hydroxyl groups excluding tert-OH is 1. The van der Waals surface area contributed by atoms with Crippen molar-refractivity contribution in [1.29, 1.82) is 0 Å². The molecule has 0 aliphatic heterocycles. The summed E-state index contributed by atoms with van der Waals surface area (Å²) < 4.78 is 5.35. The van der Waals surface area contributed by atoms with Gasteiger partial charge in [-0.1, -0.05) is 17.7 Å². The molecule has 0 fully saturated rings. The van der Waals surface area contributed by atoms with Crippen LogP contribution >= 0.6 is 11.6 Å². The molecule has 0 saturated carbocycles. The standard InChI is InChI=1S/C13H20ClNO2/c1-3-15(7-8-17-4-2)13-6-5-11(10-16)9-12(13)14/h5-6,9,16H,3-4,7-8,10H2,1-2H3. The molecule has 1 aromatic carbocycles. The maximum absolute atomic E-state index is 9.03. The highest BCUT2D eigenvalue weighted by Crippen LogP contribution is 2.26. The van der Waals surface area contributed by atoms with Crippen molar-refractivity contribution < 1.29 is 9.84 Å². The highest BCUT2D eigenvalue weighted by Gasteiger charge is 2.08. The molecule has 4 heteroatoms. The van der Waals surface area contributed by atoms with Crippen LogP contribution in [0.4, 0.5) is 5.69 Å². The van der Waals surface area contributed by atoms with Crippen LogP contribution in [0, 0.1) is 0 Å². The second-order valence-electron chi connectivity index (χ2n) is 3.72. The van der Waals surface area contributed by atoms with Crippen molar-refractivity contribution in [2.75, 3.05) is 31.2 Å². The molecule has 3 nitrogen and oxygen atoms in total. The van der Waals surface area contributed by atoms with Crippen LogP contribution in [0.1, 0.15) is 19.4 Å². The summed E-state index contributed by atoms with van der Waals surface area (Å²) in [6, 6.07) is 5.65. The van der Waals surface area contributed by atoms with Gasteiger partial charge in [0, 0.05) is 19.7 Å². The van der Waals surface area contributed by atoms with Crippen molar-refractivity contribution in [2.45, 2.75) is 20.5 Å². The van der Waals surface area contributed by atoms with Gasteiger partial charge in [0.15, 0.2) is 0 Å². The molecule has 0 bridgehead atoms. The van der Waals surface area contributed by atoms with E-state index in [0.717, 1.165) is 30.9 Å². The number of aliphatic hydroxyl groups is 1. The van der Waals surface area contributed by atoms with Crippen LogP contribution in [0.25, 0.3) is 0 Å². The van der Waals surface area contributed by atoms with Gasteiger partial charge in [0.05, 0.1) is 23.9 Å². The van der Waals surface area contributed by atoms with Crippen molar-refractivity contribution in [3.63, 3.8) is 0 Å². The predicted molar refractivity (Wildman–Crippen MR) is 71.8 cm³/mol. The van der Waals surface area contributed by atoms with Crippen LogP contribution < -0.4 is 4.90 Å². The van der Waals surface area contributed by atoms with Gasteiger partial charge in [-0.05, 0) is 31.5 Å². The van der Waals surface area contributed by atoms with Crippen molar-refractivity contribution in [1.82, 2.24) is 0 Å². The second kappa shape index (κ2) is 7.54. The first-order valence-electron chi connectivity index (χ1n) is 5.94. The number of benzene rings is 1. The molecule has 0 unspecified atom stereocenters. The number of hydrogen-bond donors (Lipinski definition) is 1. The molecular formula is C13H20ClNO2. The number of hydrogen-bond acceptors (Lipinski definition) is 3. The van der Waals surface area contributed by atoms with E-state index in [1.165, 1.54) is 0 Å². The third-order valence-corrected chi connectivity index (χ3v) is 2.93. The van der Waals surface area contributed by atoms with Crippen LogP contribution in [0.5, 0.6) is 0 Å². The van der Waals surface area contributed by atoms with E-state index in [1.54, 1.807) is 6.07 Å². The number of ether oxygens (including phenoxy) is 1. The van der Waals surface area contributed by atoms with Crippen molar-refractivity contribution in [3.8, 4) is 0 Å². The van der Waals surface area contributed by atoms with E-state index in [-0.39, 0.29) is 6.61 Å². The second-order valence-corrected chi connectivity index (χ2v) is 4.13. The molecule has 0 aromatic heterocycles. The van der Waals surface area contributed by atoms with E-state index in [9.17, 15) is 0 Å². The fraction of sp³-hybridized carbons (Fsp3) is 0.538. The van der Waals surface area contributed by atoms with Gasteiger partial charge >= 0.3 is 0 Å². The van der Waals surface area contributed by atoms with Crippen LogP contribution in [-0.4, -0.2) is 31.4 Å². The zero-order chi connectivity index (χ0) is 12.7. The minimum Gasteiger partial charge on any atom is -0.392 e. The lowest BCUT2D eigenvalue weighted by molar-refractivity contribution is 0.154. The fourth-order valence-electron chi connectivity index (χ4n) is 1.67. The summed E-state index contributed by atoms with van der Waals surface area (Å²) in [6.45, 7) is 7.22. The van der Waals surface area contributed by atoms with Gasteiger partial charge < -0.3 is 14.7 Å². The SMILES string of the molecule is CCOCCN(CC)c1ccc(CO)cc1Cl. The van der Waals surface area contributed by atoms with E-state index in [2.05, 4.69) is 11.8 Å². The zero-order valence-electron chi connectivity index (χ0n) is 10.4. The Morgan fingerprint density at radius 3 is 2.65 bits per heavy atom. The van der Waals surface area contributed by atoms with E-state index in [0.29, 0.717) is 11.6 Å². The highest BCUT2D eigenvalue weighted by molar-refractivity contribution is 6.33. The maximum atomic E-state index is 9.03. The molecule has 0 radical (unpaired) electrons. The number of nitrogens with zero attached hydrogens (tertiary/aromatic N) is 1. The molecule has 1 aromatic rings. The quantitative estimate of drug-likeness (QED) is 0.763. The first kappa shape index (κ1) is 14.3. The molecule has 1 rings (SSSR count). The molecule has 17 heavy (non-hydrogen) atoms. The summed E-state index contributed by atoms with van der Waals surface area (Å²) in [5, 5.41) is 9.71. The predicted octanol–water partition coefficient (Wildman–Crippen LogP) is 2.70. The normalized spacial score (nSPS) is 10.6. The van der Waals surface area contributed by atoms with Crippen molar-refractivity contribution in [2.24, 2.45) is 0 Å². The Labute approximate surface area is 108 Å². The van der Waals surface area contributed by atoms with Crippen LogP contribution in [0.3, 0.4) is 0 Å². The number of likely N-dealkylation sites (N-methyl/N-ethyl adjacent to an activating group) is 1. The summed E-state index contributed by atoms with van der Waals surface area (Å²) in [4.78, 5) is 2.17. The lowest BCUT2D eigenvalue weighted by Gasteiger charge is -2.24. The van der Waals surface area contributed by atoms with Gasteiger partial charge in [-0.3, -0.25) is 0 Å². The molecule has 0 atom stereocenters. The summed E-state index contributed by atoms with van der Waals surface area (Å²) in [5.74, 6) is 0. The molecule has 0 heterocycles. The smallest absolute Gasteiger partial charge is 0.0682 e. The highest BCUT2D eigenvalue weighted by atomic mass is 35.5. The third-order valence-electron chi connectivity index (χ3n) is 2.63. The molecule has 0 aliphatic carbocycles. The first-order valence-corrected chi connectivity index (χ1v) is 6.32. The minimum atomic E-state index is 0.0189. The summed E-state index contributed by atoms with van der Waals surface area (Å²) in [6.07, 6.45) is 0. The summed E-state index contributed by atoms with van der Waals surface area (Å²) in [5.41, 5.74) is 1.82. The van der Waals surface area contributed by atoms with Crippen LogP contribution in [0.15, 0.2) is 18.2 Å². The molecule has 0 amide bonds. The Kier molecular flexibility index (Phi) is 6.34. The lowest BCUT2D eigenvalue weighted by Crippen LogP contribution is -2.27. The summed E-state index contributed by atoms with van der Waals surface area (Å²) in [7, 11) is 0. The maximum Gasteiger partial charge on any atom is 0.0682 e. The molecular weight excluding hydrogens is 238 g/mol. The van der Waals surface area contributed by atoms with Gasteiger partial charge in [0.2, 0.25) is 0 Å². The monoisotopic (exact) mass is 257 g/mol. The number of halogens is 1. The average molecular weight is 258 g/mol. The fourth-order valence-corrected chi connectivity index (χ4v) is 2.00. The van der Waals surface area contributed by atoms with E-state index >= 15 is 0 Å². The molecule has 0 spiro atoms. The molecule has 0 aliphatic rings. The number of rotatable bonds is 7. The van der Waals surface area contributed by atoms with E-state index < -0.39 is 0 Å². The van der Waals surface area contributed by atoms with Crippen molar-refractivity contribution >= 4 is 17.3 Å². The molecule has 0 saturated heterocycles. The Balaban J connectivity index is 2.73. The Morgan fingerprint density at radius 2 is 2.12 bits per heavy atom.